The topological polar surface area (TPSA) is 97.0 Å². The van der Waals surface area contributed by atoms with Crippen LogP contribution >= 0.6 is 0 Å². The zero-order chi connectivity index (χ0) is 19.6. The molecule has 2 aromatic rings. The minimum atomic E-state index is -0.846. The molecule has 7 nitrogen and oxygen atoms in total. The van der Waals surface area contributed by atoms with E-state index >= 15 is 0 Å². The molecule has 0 spiro atoms. The van der Waals surface area contributed by atoms with Crippen LogP contribution in [0.5, 0.6) is 0 Å². The largest absolute Gasteiger partial charge is 0.353 e. The maximum Gasteiger partial charge on any atom is 0.351 e. The highest BCUT2D eigenvalue weighted by molar-refractivity contribution is 6.03. The first-order valence-corrected chi connectivity index (χ1v) is 8.93. The number of benzene rings is 1. The second-order valence-corrected chi connectivity index (χ2v) is 6.94. The minimum absolute atomic E-state index is 0.0261. The summed E-state index contributed by atoms with van der Waals surface area (Å²) in [6.07, 6.45) is 1.44. The quantitative estimate of drug-likeness (QED) is 0.897. The molecule has 1 N–H and O–H groups in total. The van der Waals surface area contributed by atoms with E-state index in [1.54, 1.807) is 31.2 Å². The molecule has 27 heavy (non-hydrogen) atoms. The van der Waals surface area contributed by atoms with Gasteiger partial charge in [-0.1, -0.05) is 32.0 Å². The molecule has 1 aliphatic rings. The lowest BCUT2D eigenvalue weighted by Crippen LogP contribution is -2.36. The van der Waals surface area contributed by atoms with Crippen molar-refractivity contribution >= 4 is 11.7 Å². The van der Waals surface area contributed by atoms with Crippen LogP contribution in [-0.4, -0.2) is 21.6 Å². The van der Waals surface area contributed by atoms with Gasteiger partial charge in [-0.25, -0.2) is 4.79 Å². The summed E-state index contributed by atoms with van der Waals surface area (Å²) in [7, 11) is 0. The van der Waals surface area contributed by atoms with Crippen molar-refractivity contribution in [2.45, 2.75) is 39.5 Å². The lowest BCUT2D eigenvalue weighted by molar-refractivity contribution is -0.0271. The van der Waals surface area contributed by atoms with E-state index in [9.17, 15) is 14.9 Å². The number of hydrogen-bond donors (Lipinski definition) is 1. The van der Waals surface area contributed by atoms with Crippen LogP contribution in [-0.2, 0) is 4.74 Å². The van der Waals surface area contributed by atoms with Crippen LogP contribution in [0.2, 0.25) is 0 Å². The Kier molecular flexibility index (Phi) is 5.10. The fourth-order valence-electron chi connectivity index (χ4n) is 3.44. The van der Waals surface area contributed by atoms with Gasteiger partial charge in [0, 0.05) is 17.7 Å². The van der Waals surface area contributed by atoms with Crippen LogP contribution in [0.1, 0.15) is 43.8 Å². The van der Waals surface area contributed by atoms with E-state index in [-0.39, 0.29) is 23.7 Å². The second-order valence-electron chi connectivity index (χ2n) is 6.94. The summed E-state index contributed by atoms with van der Waals surface area (Å²) >= 11 is 0. The van der Waals surface area contributed by atoms with Crippen LogP contribution in [0.3, 0.4) is 0 Å². The third kappa shape index (κ3) is 3.36. The van der Waals surface area contributed by atoms with Gasteiger partial charge in [0.1, 0.15) is 11.2 Å². The highest BCUT2D eigenvalue weighted by Gasteiger charge is 2.52. The number of amides is 1. The average molecular weight is 366 g/mol. The monoisotopic (exact) mass is 366 g/mol. The molecule has 140 valence electrons. The van der Waals surface area contributed by atoms with Crippen molar-refractivity contribution in [3.05, 3.63) is 58.6 Å². The van der Waals surface area contributed by atoms with Crippen molar-refractivity contribution < 1.29 is 9.53 Å². The molecular weight excluding hydrogens is 344 g/mol. The van der Waals surface area contributed by atoms with E-state index in [1.807, 2.05) is 19.9 Å². The predicted octanol–water partition coefficient (Wildman–Crippen LogP) is 2.97. The lowest BCUT2D eigenvalue weighted by Gasteiger charge is -2.26. The fraction of sp³-hybridized carbons (Fsp3) is 0.400. The summed E-state index contributed by atoms with van der Waals surface area (Å²) < 4.78 is 7.33. The summed E-state index contributed by atoms with van der Waals surface area (Å²) in [6, 6.07) is 12.5. The van der Waals surface area contributed by atoms with Crippen LogP contribution in [0.15, 0.2) is 47.4 Å². The molecule has 1 amide bonds. The maximum absolute atomic E-state index is 12.6. The number of ether oxygens (including phenoxy) is 1. The van der Waals surface area contributed by atoms with E-state index in [2.05, 4.69) is 16.4 Å². The van der Waals surface area contributed by atoms with Gasteiger partial charge in [0.2, 0.25) is 0 Å². The Hall–Kier alpha value is -2.98. The fourth-order valence-corrected chi connectivity index (χ4v) is 3.44. The molecule has 1 aromatic heterocycles. The zero-order valence-electron chi connectivity index (χ0n) is 15.5. The van der Waals surface area contributed by atoms with Gasteiger partial charge in [-0.15, -0.1) is 0 Å². The Bertz CT molecular complexity index is 934. The molecule has 0 bridgehead atoms. The van der Waals surface area contributed by atoms with Crippen molar-refractivity contribution in [1.29, 1.82) is 5.26 Å². The summed E-state index contributed by atoms with van der Waals surface area (Å²) in [6.45, 7) is 5.75. The van der Waals surface area contributed by atoms with Gasteiger partial charge in [-0.2, -0.15) is 10.2 Å². The van der Waals surface area contributed by atoms with Crippen molar-refractivity contribution in [3.63, 3.8) is 0 Å². The molecule has 0 radical (unpaired) electrons. The normalized spacial score (nSPS) is 27.1. The number of nitriles is 1. The first-order valence-electron chi connectivity index (χ1n) is 8.93. The first-order chi connectivity index (χ1) is 12.9. The average Bonchev–Trinajstić information content (AvgIpc) is 2.94. The molecule has 2 heterocycles. The summed E-state index contributed by atoms with van der Waals surface area (Å²) in [5.74, 6) is -0.220. The molecule has 0 aliphatic carbocycles. The number of aromatic nitrogens is 2. The van der Waals surface area contributed by atoms with Gasteiger partial charge in [0.05, 0.1) is 12.2 Å². The minimum Gasteiger partial charge on any atom is -0.353 e. The number of rotatable bonds is 4. The summed E-state index contributed by atoms with van der Waals surface area (Å²) in [4.78, 5) is 28.7. The summed E-state index contributed by atoms with van der Waals surface area (Å²) in [5, 5.41) is 12.3. The van der Waals surface area contributed by atoms with Crippen molar-refractivity contribution in [1.82, 2.24) is 9.55 Å². The van der Waals surface area contributed by atoms with E-state index in [1.165, 1.54) is 16.8 Å². The number of anilines is 1. The molecule has 0 saturated carbocycles. The first kappa shape index (κ1) is 18.8. The van der Waals surface area contributed by atoms with E-state index in [0.717, 1.165) is 6.42 Å². The second kappa shape index (κ2) is 7.33. The third-order valence-corrected chi connectivity index (χ3v) is 5.32. The Labute approximate surface area is 157 Å². The number of carbonyl (C=O) groups is 1. The lowest BCUT2D eigenvalue weighted by atomic mass is 9.77. The standard InChI is InChI=1S/C20H22N4O3/c1-4-15-13(2)20(3,12-21)18(27-15)24-11-10-16(23-19(24)26)22-17(25)14-8-6-5-7-9-14/h5-11,13,15,18H,4H2,1-3H3,(H,22,23,25,26)/t13-,15-,18?,20-/m1/s1. The number of nitrogens with one attached hydrogen (secondary N) is 1. The molecule has 1 aromatic carbocycles. The Morgan fingerprint density at radius 2 is 2.07 bits per heavy atom. The van der Waals surface area contributed by atoms with Gasteiger partial charge in [0.15, 0.2) is 6.23 Å². The Morgan fingerprint density at radius 1 is 1.37 bits per heavy atom. The molecule has 1 aliphatic heterocycles. The van der Waals surface area contributed by atoms with Gasteiger partial charge >= 0.3 is 5.69 Å². The van der Waals surface area contributed by atoms with Crippen molar-refractivity contribution in [2.24, 2.45) is 11.3 Å². The van der Waals surface area contributed by atoms with Gasteiger partial charge in [-0.3, -0.25) is 9.36 Å². The Morgan fingerprint density at radius 3 is 2.67 bits per heavy atom. The number of carbonyl (C=O) groups excluding carboxylic acids is 1. The van der Waals surface area contributed by atoms with Crippen molar-refractivity contribution in [3.8, 4) is 6.07 Å². The molecule has 1 fully saturated rings. The highest BCUT2D eigenvalue weighted by Crippen LogP contribution is 2.49. The van der Waals surface area contributed by atoms with E-state index in [4.69, 9.17) is 4.74 Å². The van der Waals surface area contributed by atoms with E-state index < -0.39 is 17.3 Å². The molecular formula is C20H22N4O3. The number of nitrogens with zero attached hydrogens (tertiary/aromatic N) is 3. The maximum atomic E-state index is 12.6. The number of hydrogen-bond acceptors (Lipinski definition) is 5. The van der Waals surface area contributed by atoms with Gasteiger partial charge < -0.3 is 10.1 Å². The SMILES string of the molecule is CC[C@H]1OC(n2ccc(NC(=O)c3ccccc3)nc2=O)[C@](C)(C#N)[C@@H]1C. The van der Waals surface area contributed by atoms with Gasteiger partial charge in [-0.05, 0) is 31.5 Å². The smallest absolute Gasteiger partial charge is 0.351 e. The molecule has 4 atom stereocenters. The van der Waals surface area contributed by atoms with Crippen LogP contribution < -0.4 is 11.0 Å². The van der Waals surface area contributed by atoms with Crippen LogP contribution in [0.4, 0.5) is 5.82 Å². The third-order valence-electron chi connectivity index (χ3n) is 5.32. The molecule has 3 rings (SSSR count). The Balaban J connectivity index is 1.86. The molecule has 7 heteroatoms. The van der Waals surface area contributed by atoms with Crippen LogP contribution in [0, 0.1) is 22.7 Å². The summed E-state index contributed by atoms with van der Waals surface area (Å²) in [5.41, 5.74) is -0.948. The van der Waals surface area contributed by atoms with Crippen molar-refractivity contribution in [2.75, 3.05) is 5.32 Å². The predicted molar refractivity (Wildman–Crippen MR) is 100.0 cm³/mol. The van der Waals surface area contributed by atoms with Gasteiger partial charge in [0.25, 0.3) is 5.91 Å². The highest BCUT2D eigenvalue weighted by atomic mass is 16.5. The molecule has 1 unspecified atom stereocenters. The van der Waals surface area contributed by atoms with E-state index in [0.29, 0.717) is 5.56 Å². The zero-order valence-corrected chi connectivity index (χ0v) is 15.5. The molecule has 1 saturated heterocycles. The van der Waals surface area contributed by atoms with Crippen LogP contribution in [0.25, 0.3) is 0 Å².